The van der Waals surface area contributed by atoms with E-state index < -0.39 is 0 Å². The topological polar surface area (TPSA) is 43.8 Å². The summed E-state index contributed by atoms with van der Waals surface area (Å²) in [5, 5.41) is 9.48. The summed E-state index contributed by atoms with van der Waals surface area (Å²) in [4.78, 5) is 17.4. The molecule has 2 aromatic carbocycles. The van der Waals surface area contributed by atoms with Crippen molar-refractivity contribution in [1.29, 1.82) is 0 Å². The van der Waals surface area contributed by atoms with E-state index in [1.54, 1.807) is 31.2 Å². The van der Waals surface area contributed by atoms with Crippen LogP contribution in [0.25, 0.3) is 0 Å². The molecule has 4 nitrogen and oxygen atoms in total. The third-order valence-corrected chi connectivity index (χ3v) is 6.45. The normalized spacial score (nSPS) is 21.5. The number of phenolic OH excluding ortho intramolecular Hbond substituents is 1. The summed E-state index contributed by atoms with van der Waals surface area (Å²) in [6.07, 6.45) is 3.94. The maximum Gasteiger partial charge on any atom is 0.240 e. The van der Waals surface area contributed by atoms with Crippen LogP contribution < -0.4 is 0 Å². The smallest absolute Gasteiger partial charge is 0.240 e. The van der Waals surface area contributed by atoms with Crippen LogP contribution in [-0.4, -0.2) is 46.5 Å². The predicted molar refractivity (Wildman–Crippen MR) is 111 cm³/mol. The molecular formula is C24H29FN2O2. The average molecular weight is 397 g/mol. The Hall–Kier alpha value is -2.40. The van der Waals surface area contributed by atoms with Gasteiger partial charge in [-0.2, -0.15) is 0 Å². The van der Waals surface area contributed by atoms with Gasteiger partial charge >= 0.3 is 0 Å². The van der Waals surface area contributed by atoms with Gasteiger partial charge in [-0.1, -0.05) is 24.3 Å². The number of hydrogen-bond acceptors (Lipinski definition) is 3. The standard InChI is InChI=1S/C24H29FN2O2/c1-17-4-5-18(15-22(17)25)16-27-12-2-3-23(24(27)29)26-13-10-20(11-14-26)19-6-8-21(28)9-7-19/h4-9,15,20,23,28H,2-3,10-14,16H2,1H3. The molecule has 2 aromatic rings. The highest BCUT2D eigenvalue weighted by molar-refractivity contribution is 5.82. The number of hydrogen-bond donors (Lipinski definition) is 1. The number of rotatable bonds is 4. The van der Waals surface area contributed by atoms with Gasteiger partial charge in [0.15, 0.2) is 0 Å². The van der Waals surface area contributed by atoms with Crippen molar-refractivity contribution < 1.29 is 14.3 Å². The molecule has 0 radical (unpaired) electrons. The number of nitrogens with zero attached hydrogens (tertiary/aromatic N) is 2. The summed E-state index contributed by atoms with van der Waals surface area (Å²) in [6.45, 7) is 4.80. The van der Waals surface area contributed by atoms with Crippen molar-refractivity contribution in [3.8, 4) is 5.75 Å². The lowest BCUT2D eigenvalue weighted by molar-refractivity contribution is -0.141. The molecule has 29 heavy (non-hydrogen) atoms. The van der Waals surface area contributed by atoms with Crippen molar-refractivity contribution in [2.24, 2.45) is 0 Å². The molecule has 2 heterocycles. The van der Waals surface area contributed by atoms with E-state index in [1.165, 1.54) is 5.56 Å². The number of piperidine rings is 2. The number of phenols is 1. The molecule has 154 valence electrons. The van der Waals surface area contributed by atoms with E-state index in [0.717, 1.165) is 50.9 Å². The lowest BCUT2D eigenvalue weighted by Gasteiger charge is -2.41. The van der Waals surface area contributed by atoms with E-state index in [4.69, 9.17) is 0 Å². The van der Waals surface area contributed by atoms with Gasteiger partial charge in [0.1, 0.15) is 11.6 Å². The summed E-state index contributed by atoms with van der Waals surface area (Å²) in [5.74, 6) is 0.754. The molecule has 5 heteroatoms. The first kappa shape index (κ1) is 19.9. The Balaban J connectivity index is 1.37. The second-order valence-electron chi connectivity index (χ2n) is 8.40. The first-order valence-corrected chi connectivity index (χ1v) is 10.6. The number of amides is 1. The number of likely N-dealkylation sites (tertiary alicyclic amines) is 2. The van der Waals surface area contributed by atoms with Gasteiger partial charge in [0.2, 0.25) is 5.91 Å². The van der Waals surface area contributed by atoms with Gasteiger partial charge in [0, 0.05) is 13.1 Å². The third kappa shape index (κ3) is 4.45. The van der Waals surface area contributed by atoms with Gasteiger partial charge < -0.3 is 10.0 Å². The van der Waals surface area contributed by atoms with Crippen LogP contribution in [0.2, 0.25) is 0 Å². The first-order chi connectivity index (χ1) is 14.0. The maximum atomic E-state index is 13.9. The zero-order chi connectivity index (χ0) is 20.4. The van der Waals surface area contributed by atoms with Gasteiger partial charge in [0.05, 0.1) is 6.04 Å². The largest absolute Gasteiger partial charge is 0.508 e. The Morgan fingerprint density at radius 2 is 1.76 bits per heavy atom. The molecule has 0 bridgehead atoms. The van der Waals surface area contributed by atoms with E-state index in [-0.39, 0.29) is 17.8 Å². The molecule has 0 spiro atoms. The van der Waals surface area contributed by atoms with Crippen LogP contribution in [0.3, 0.4) is 0 Å². The van der Waals surface area contributed by atoms with Crippen LogP contribution in [0, 0.1) is 12.7 Å². The van der Waals surface area contributed by atoms with E-state index in [0.29, 0.717) is 23.8 Å². The molecule has 0 aromatic heterocycles. The Labute approximate surface area is 171 Å². The minimum Gasteiger partial charge on any atom is -0.508 e. The van der Waals surface area contributed by atoms with E-state index >= 15 is 0 Å². The summed E-state index contributed by atoms with van der Waals surface area (Å²) in [6, 6.07) is 12.7. The first-order valence-electron chi connectivity index (χ1n) is 10.6. The molecule has 4 rings (SSSR count). The van der Waals surface area contributed by atoms with E-state index in [1.807, 2.05) is 23.1 Å². The van der Waals surface area contributed by atoms with E-state index in [9.17, 15) is 14.3 Å². The number of benzene rings is 2. The Kier molecular flexibility index (Phi) is 5.86. The average Bonchev–Trinajstić information content (AvgIpc) is 2.73. The van der Waals surface area contributed by atoms with Gasteiger partial charge in [0.25, 0.3) is 0 Å². The van der Waals surface area contributed by atoms with Crippen LogP contribution >= 0.6 is 0 Å². The van der Waals surface area contributed by atoms with E-state index in [2.05, 4.69) is 4.90 Å². The molecular weight excluding hydrogens is 367 g/mol. The van der Waals surface area contributed by atoms with Crippen LogP contribution in [-0.2, 0) is 11.3 Å². The third-order valence-electron chi connectivity index (χ3n) is 6.45. The van der Waals surface area contributed by atoms with Crippen LogP contribution in [0.1, 0.15) is 48.3 Å². The van der Waals surface area contributed by atoms with Gasteiger partial charge in [-0.3, -0.25) is 9.69 Å². The Morgan fingerprint density at radius 1 is 1.03 bits per heavy atom. The van der Waals surface area contributed by atoms with Gasteiger partial charge in [-0.05, 0) is 86.5 Å². The summed E-state index contributed by atoms with van der Waals surface area (Å²) in [7, 11) is 0. The molecule has 1 amide bonds. The summed E-state index contributed by atoms with van der Waals surface area (Å²) >= 11 is 0. The van der Waals surface area contributed by atoms with Crippen molar-refractivity contribution in [3.05, 3.63) is 65.0 Å². The number of aryl methyl sites for hydroxylation is 1. The highest BCUT2D eigenvalue weighted by Gasteiger charge is 2.35. The minimum absolute atomic E-state index is 0.0557. The molecule has 0 aliphatic carbocycles. The zero-order valence-corrected chi connectivity index (χ0v) is 17.0. The number of halogens is 1. The van der Waals surface area contributed by atoms with Crippen LogP contribution in [0.15, 0.2) is 42.5 Å². The molecule has 1 N–H and O–H groups in total. The molecule has 1 unspecified atom stereocenters. The fourth-order valence-electron chi connectivity index (χ4n) is 4.66. The second kappa shape index (κ2) is 8.54. The minimum atomic E-state index is -0.209. The van der Waals surface area contributed by atoms with Crippen molar-refractivity contribution in [3.63, 3.8) is 0 Å². The second-order valence-corrected chi connectivity index (χ2v) is 8.40. The zero-order valence-electron chi connectivity index (χ0n) is 17.0. The monoisotopic (exact) mass is 396 g/mol. The Morgan fingerprint density at radius 3 is 2.45 bits per heavy atom. The highest BCUT2D eigenvalue weighted by Crippen LogP contribution is 2.31. The molecule has 2 aliphatic rings. The molecule has 0 saturated carbocycles. The number of carbonyl (C=O) groups excluding carboxylic acids is 1. The van der Waals surface area contributed by atoms with Crippen molar-refractivity contribution >= 4 is 5.91 Å². The maximum absolute atomic E-state index is 13.9. The fraction of sp³-hybridized carbons (Fsp3) is 0.458. The highest BCUT2D eigenvalue weighted by atomic mass is 19.1. The van der Waals surface area contributed by atoms with Crippen molar-refractivity contribution in [2.45, 2.75) is 51.1 Å². The molecule has 1 atom stereocenters. The van der Waals surface area contributed by atoms with Gasteiger partial charge in [-0.25, -0.2) is 4.39 Å². The lowest BCUT2D eigenvalue weighted by Crippen LogP contribution is -2.53. The number of carbonyl (C=O) groups is 1. The molecule has 2 aliphatic heterocycles. The molecule has 2 fully saturated rings. The molecule has 2 saturated heterocycles. The fourth-order valence-corrected chi connectivity index (χ4v) is 4.66. The number of aromatic hydroxyl groups is 1. The van der Waals surface area contributed by atoms with Crippen LogP contribution in [0.4, 0.5) is 4.39 Å². The van der Waals surface area contributed by atoms with Crippen molar-refractivity contribution in [2.75, 3.05) is 19.6 Å². The summed E-state index contributed by atoms with van der Waals surface area (Å²) in [5.41, 5.74) is 2.75. The Bertz CT molecular complexity index is 860. The quantitative estimate of drug-likeness (QED) is 0.842. The van der Waals surface area contributed by atoms with Gasteiger partial charge in [-0.15, -0.1) is 0 Å². The summed E-state index contributed by atoms with van der Waals surface area (Å²) < 4.78 is 13.9. The predicted octanol–water partition coefficient (Wildman–Crippen LogP) is 4.21. The van der Waals surface area contributed by atoms with Crippen LogP contribution in [0.5, 0.6) is 5.75 Å². The SMILES string of the molecule is Cc1ccc(CN2CCCC(N3CCC(c4ccc(O)cc4)CC3)C2=O)cc1F. The van der Waals surface area contributed by atoms with Crippen molar-refractivity contribution in [1.82, 2.24) is 9.80 Å². The lowest BCUT2D eigenvalue weighted by atomic mass is 9.88.